The molecule has 2 heteroatoms. The van der Waals surface area contributed by atoms with E-state index in [0.29, 0.717) is 6.42 Å². The number of carboxylic acids is 1. The number of hydrogen-bond donors (Lipinski definition) is 1. The number of carboxylic acid groups (broad SMARTS) is 1. The lowest BCUT2D eigenvalue weighted by atomic mass is 9.98. The summed E-state index contributed by atoms with van der Waals surface area (Å²) in [6.07, 6.45) is 26.2. The fraction of sp³-hybridized carbons (Fsp3) is 0.476. The van der Waals surface area contributed by atoms with Crippen LogP contribution in [0, 0.1) is 5.92 Å². The Morgan fingerprint density at radius 2 is 1.48 bits per heavy atom. The Balaban J connectivity index is 3.63. The van der Waals surface area contributed by atoms with Gasteiger partial charge in [-0.3, -0.25) is 4.79 Å². The van der Waals surface area contributed by atoms with Crippen molar-refractivity contribution >= 4 is 5.97 Å². The largest absolute Gasteiger partial charge is 0.481 e. The number of hydrogen-bond acceptors (Lipinski definition) is 1. The molecule has 23 heavy (non-hydrogen) atoms. The van der Waals surface area contributed by atoms with Crippen LogP contribution >= 0.6 is 0 Å². The average Bonchev–Trinajstić information content (AvgIpc) is 2.54. The molecule has 0 aromatic heterocycles. The van der Waals surface area contributed by atoms with Crippen molar-refractivity contribution in [3.8, 4) is 0 Å². The predicted molar refractivity (Wildman–Crippen MR) is 100 cm³/mol. The SMILES string of the molecule is C=CCC(CCC/C=C\C/C=C\C/C=C\C/C=C\CC)C(=O)O. The van der Waals surface area contributed by atoms with Gasteiger partial charge in [-0.05, 0) is 51.4 Å². The van der Waals surface area contributed by atoms with Crippen LogP contribution in [-0.4, -0.2) is 11.1 Å². The molecule has 0 radical (unpaired) electrons. The van der Waals surface area contributed by atoms with E-state index in [2.05, 4.69) is 62.1 Å². The Morgan fingerprint density at radius 3 is 1.96 bits per heavy atom. The van der Waals surface area contributed by atoms with Gasteiger partial charge in [0.2, 0.25) is 0 Å². The Labute approximate surface area is 142 Å². The molecule has 0 amide bonds. The van der Waals surface area contributed by atoms with Crippen molar-refractivity contribution < 1.29 is 9.90 Å². The van der Waals surface area contributed by atoms with Crippen LogP contribution < -0.4 is 0 Å². The molecule has 0 spiro atoms. The first-order valence-corrected chi connectivity index (χ1v) is 8.66. The number of unbranched alkanes of at least 4 members (excludes halogenated alkanes) is 1. The van der Waals surface area contributed by atoms with Crippen LogP contribution in [0.4, 0.5) is 0 Å². The quantitative estimate of drug-likeness (QED) is 0.304. The summed E-state index contributed by atoms with van der Waals surface area (Å²) in [7, 11) is 0. The molecule has 0 aromatic rings. The Morgan fingerprint density at radius 1 is 0.957 bits per heavy atom. The average molecular weight is 316 g/mol. The zero-order chi connectivity index (χ0) is 17.2. The molecule has 0 aliphatic carbocycles. The van der Waals surface area contributed by atoms with Crippen molar-refractivity contribution in [2.45, 2.75) is 58.3 Å². The molecular formula is C21H32O2. The molecule has 2 nitrogen and oxygen atoms in total. The van der Waals surface area contributed by atoms with E-state index >= 15 is 0 Å². The van der Waals surface area contributed by atoms with Gasteiger partial charge in [0.25, 0.3) is 0 Å². The van der Waals surface area contributed by atoms with Gasteiger partial charge in [0.15, 0.2) is 0 Å². The van der Waals surface area contributed by atoms with Crippen molar-refractivity contribution in [2.24, 2.45) is 5.92 Å². The van der Waals surface area contributed by atoms with E-state index in [0.717, 1.165) is 44.9 Å². The van der Waals surface area contributed by atoms with Crippen LogP contribution in [0.2, 0.25) is 0 Å². The third kappa shape index (κ3) is 14.9. The van der Waals surface area contributed by atoms with E-state index in [1.165, 1.54) is 0 Å². The molecule has 0 fully saturated rings. The van der Waals surface area contributed by atoms with Gasteiger partial charge in [0.1, 0.15) is 0 Å². The molecule has 128 valence electrons. The van der Waals surface area contributed by atoms with Gasteiger partial charge >= 0.3 is 5.97 Å². The van der Waals surface area contributed by atoms with Gasteiger partial charge in [0, 0.05) is 0 Å². The van der Waals surface area contributed by atoms with Gasteiger partial charge in [0.05, 0.1) is 5.92 Å². The molecule has 0 heterocycles. The van der Waals surface area contributed by atoms with Crippen LogP contribution in [0.3, 0.4) is 0 Å². The third-order valence-corrected chi connectivity index (χ3v) is 3.44. The number of carbonyl (C=O) groups is 1. The Hall–Kier alpha value is -1.83. The second-order valence-corrected chi connectivity index (χ2v) is 5.49. The highest BCUT2D eigenvalue weighted by Crippen LogP contribution is 2.14. The highest BCUT2D eigenvalue weighted by Gasteiger charge is 2.14. The van der Waals surface area contributed by atoms with Crippen molar-refractivity contribution in [1.29, 1.82) is 0 Å². The van der Waals surface area contributed by atoms with Crippen LogP contribution in [0.1, 0.15) is 58.3 Å². The van der Waals surface area contributed by atoms with Crippen molar-refractivity contribution in [1.82, 2.24) is 0 Å². The summed E-state index contributed by atoms with van der Waals surface area (Å²) in [6, 6.07) is 0. The highest BCUT2D eigenvalue weighted by atomic mass is 16.4. The molecular weight excluding hydrogens is 284 g/mol. The third-order valence-electron chi connectivity index (χ3n) is 3.44. The predicted octanol–water partition coefficient (Wildman–Crippen LogP) is 6.24. The molecule has 1 N–H and O–H groups in total. The van der Waals surface area contributed by atoms with Gasteiger partial charge in [-0.2, -0.15) is 0 Å². The van der Waals surface area contributed by atoms with Gasteiger partial charge in [-0.1, -0.05) is 61.6 Å². The second kappa shape index (κ2) is 16.5. The molecule has 0 aromatic carbocycles. The van der Waals surface area contributed by atoms with Crippen LogP contribution in [0.25, 0.3) is 0 Å². The summed E-state index contributed by atoms with van der Waals surface area (Å²) in [5.41, 5.74) is 0. The summed E-state index contributed by atoms with van der Waals surface area (Å²) < 4.78 is 0. The highest BCUT2D eigenvalue weighted by molar-refractivity contribution is 5.70. The molecule has 0 bridgehead atoms. The van der Waals surface area contributed by atoms with Crippen LogP contribution in [0.15, 0.2) is 61.3 Å². The summed E-state index contributed by atoms with van der Waals surface area (Å²) in [4.78, 5) is 11.0. The molecule has 0 saturated heterocycles. The molecule has 1 unspecified atom stereocenters. The summed E-state index contributed by atoms with van der Waals surface area (Å²) in [5, 5.41) is 9.02. The topological polar surface area (TPSA) is 37.3 Å². The zero-order valence-electron chi connectivity index (χ0n) is 14.5. The van der Waals surface area contributed by atoms with Gasteiger partial charge in [-0.25, -0.2) is 0 Å². The van der Waals surface area contributed by atoms with E-state index in [1.807, 2.05) is 0 Å². The van der Waals surface area contributed by atoms with E-state index in [9.17, 15) is 4.79 Å². The van der Waals surface area contributed by atoms with E-state index in [1.54, 1.807) is 6.08 Å². The van der Waals surface area contributed by atoms with E-state index < -0.39 is 5.97 Å². The molecule has 0 rings (SSSR count). The van der Waals surface area contributed by atoms with Crippen molar-refractivity contribution in [3.05, 3.63) is 61.3 Å². The Bertz CT molecular complexity index is 414. The lowest BCUT2D eigenvalue weighted by molar-refractivity contribution is -0.141. The molecule has 0 aliphatic heterocycles. The number of allylic oxidation sites excluding steroid dienone is 9. The minimum Gasteiger partial charge on any atom is -0.481 e. The molecule has 0 aliphatic rings. The summed E-state index contributed by atoms with van der Waals surface area (Å²) in [5.74, 6) is -0.991. The maximum absolute atomic E-state index is 11.0. The zero-order valence-corrected chi connectivity index (χ0v) is 14.5. The van der Waals surface area contributed by atoms with E-state index in [4.69, 9.17) is 5.11 Å². The lowest BCUT2D eigenvalue weighted by Crippen LogP contribution is -2.12. The normalized spacial score (nSPS) is 13.6. The number of aliphatic carboxylic acids is 1. The van der Waals surface area contributed by atoms with Crippen molar-refractivity contribution in [2.75, 3.05) is 0 Å². The first-order valence-electron chi connectivity index (χ1n) is 8.66. The monoisotopic (exact) mass is 316 g/mol. The smallest absolute Gasteiger partial charge is 0.306 e. The minimum atomic E-state index is -0.713. The summed E-state index contributed by atoms with van der Waals surface area (Å²) >= 11 is 0. The Kier molecular flexibility index (Phi) is 15.2. The van der Waals surface area contributed by atoms with E-state index in [-0.39, 0.29) is 5.92 Å². The van der Waals surface area contributed by atoms with Crippen LogP contribution in [0.5, 0.6) is 0 Å². The summed E-state index contributed by atoms with van der Waals surface area (Å²) in [6.45, 7) is 5.75. The second-order valence-electron chi connectivity index (χ2n) is 5.49. The van der Waals surface area contributed by atoms with Crippen LogP contribution in [-0.2, 0) is 4.79 Å². The number of rotatable bonds is 14. The fourth-order valence-corrected chi connectivity index (χ4v) is 2.12. The first kappa shape index (κ1) is 21.2. The molecule has 1 atom stereocenters. The molecule has 0 saturated carbocycles. The fourth-order valence-electron chi connectivity index (χ4n) is 2.12. The van der Waals surface area contributed by atoms with Gasteiger partial charge < -0.3 is 5.11 Å². The van der Waals surface area contributed by atoms with Gasteiger partial charge in [-0.15, -0.1) is 6.58 Å². The maximum Gasteiger partial charge on any atom is 0.306 e. The van der Waals surface area contributed by atoms with Crippen molar-refractivity contribution in [3.63, 3.8) is 0 Å². The lowest BCUT2D eigenvalue weighted by Gasteiger charge is -2.07. The standard InChI is InChI=1S/C21H32O2/c1-3-5-6-7-8-9-10-11-12-13-14-15-16-17-19-20(18-4-2)21(22)23/h4-6,8-9,11-12,14-15,20H,2-3,7,10,13,16-19H2,1H3,(H,22,23)/b6-5-,9-8-,12-11-,15-14-. The first-order chi connectivity index (χ1) is 11.2. The maximum atomic E-state index is 11.0. The minimum absolute atomic E-state index is 0.278.